The van der Waals surface area contributed by atoms with Crippen molar-refractivity contribution in [2.75, 3.05) is 19.0 Å². The zero-order valence-corrected chi connectivity index (χ0v) is 17.9. The van der Waals surface area contributed by atoms with Gasteiger partial charge in [-0.1, -0.05) is 11.6 Å². The molecule has 3 rings (SSSR count). The van der Waals surface area contributed by atoms with Gasteiger partial charge in [0.15, 0.2) is 6.61 Å². The number of ether oxygens (including phenoxy) is 2. The van der Waals surface area contributed by atoms with Crippen molar-refractivity contribution in [2.24, 2.45) is 0 Å². The van der Waals surface area contributed by atoms with Crippen LogP contribution in [0.4, 0.5) is 18.9 Å². The second kappa shape index (κ2) is 9.52. The fourth-order valence-corrected chi connectivity index (χ4v) is 3.30. The minimum absolute atomic E-state index is 0.00103. The van der Waals surface area contributed by atoms with Gasteiger partial charge in [-0.15, -0.1) is 0 Å². The van der Waals surface area contributed by atoms with Crippen LogP contribution < -0.4 is 20.4 Å². The highest BCUT2D eigenvalue weighted by atomic mass is 35.5. The Morgan fingerprint density at radius 2 is 1.94 bits per heavy atom. The lowest BCUT2D eigenvalue weighted by Gasteiger charge is -2.14. The van der Waals surface area contributed by atoms with Gasteiger partial charge < -0.3 is 19.2 Å². The molecule has 1 N–H and O–H groups in total. The maximum Gasteiger partial charge on any atom is 0.422 e. The Bertz CT molecular complexity index is 1210. The SMILES string of the molecule is COc1ccc2c(C)c(CCC(=O)Nc3cc(Cl)ccc3OCC(F)(F)F)c(=O)oc2c1. The number of carbonyl (C=O) groups is 1. The van der Waals surface area contributed by atoms with E-state index in [1.165, 1.54) is 25.3 Å². The molecular formula is C22H19ClF3NO5. The number of alkyl halides is 3. The van der Waals surface area contributed by atoms with Gasteiger partial charge in [-0.2, -0.15) is 13.2 Å². The molecule has 0 saturated heterocycles. The minimum atomic E-state index is -4.54. The predicted octanol–water partition coefficient (Wildman–Crippen LogP) is 5.28. The summed E-state index contributed by atoms with van der Waals surface area (Å²) < 4.78 is 52.6. The van der Waals surface area contributed by atoms with Crippen LogP contribution in [0.1, 0.15) is 17.5 Å². The van der Waals surface area contributed by atoms with Crippen LogP contribution in [-0.2, 0) is 11.2 Å². The van der Waals surface area contributed by atoms with Crippen LogP contribution in [0.5, 0.6) is 11.5 Å². The molecule has 0 aliphatic heterocycles. The number of hydrogen-bond acceptors (Lipinski definition) is 5. The van der Waals surface area contributed by atoms with Crippen molar-refractivity contribution in [3.05, 3.63) is 63.0 Å². The van der Waals surface area contributed by atoms with Crippen LogP contribution >= 0.6 is 11.6 Å². The van der Waals surface area contributed by atoms with E-state index in [2.05, 4.69) is 5.32 Å². The Morgan fingerprint density at radius 3 is 2.62 bits per heavy atom. The van der Waals surface area contributed by atoms with Crippen LogP contribution in [0.2, 0.25) is 5.02 Å². The first-order valence-corrected chi connectivity index (χ1v) is 9.84. The molecule has 0 bridgehead atoms. The molecule has 1 aromatic heterocycles. The average molecular weight is 470 g/mol. The quantitative estimate of drug-likeness (QED) is 0.477. The van der Waals surface area contributed by atoms with E-state index in [1.54, 1.807) is 25.1 Å². The van der Waals surface area contributed by atoms with Gasteiger partial charge in [0.25, 0.3) is 0 Å². The number of hydrogen-bond donors (Lipinski definition) is 1. The number of carbonyl (C=O) groups excluding carboxylic acids is 1. The summed E-state index contributed by atoms with van der Waals surface area (Å²) in [5.74, 6) is -0.162. The molecule has 6 nitrogen and oxygen atoms in total. The van der Waals surface area contributed by atoms with E-state index in [1.807, 2.05) is 0 Å². The number of aryl methyl sites for hydroxylation is 1. The molecular weight excluding hydrogens is 451 g/mol. The van der Waals surface area contributed by atoms with E-state index in [-0.39, 0.29) is 29.3 Å². The van der Waals surface area contributed by atoms with Crippen molar-refractivity contribution in [3.8, 4) is 11.5 Å². The molecule has 1 amide bonds. The number of halogens is 4. The maximum absolute atomic E-state index is 12.5. The van der Waals surface area contributed by atoms with Gasteiger partial charge in [-0.05, 0) is 49.2 Å². The van der Waals surface area contributed by atoms with E-state index < -0.39 is 24.3 Å². The third-order valence-electron chi connectivity index (χ3n) is 4.70. The number of fused-ring (bicyclic) bond motifs is 1. The van der Waals surface area contributed by atoms with Gasteiger partial charge in [0.2, 0.25) is 5.91 Å². The van der Waals surface area contributed by atoms with E-state index in [9.17, 15) is 22.8 Å². The molecule has 3 aromatic rings. The molecule has 0 radical (unpaired) electrons. The van der Waals surface area contributed by atoms with Gasteiger partial charge in [0.05, 0.1) is 12.8 Å². The first-order chi connectivity index (χ1) is 15.1. The number of methoxy groups -OCH3 is 1. The van der Waals surface area contributed by atoms with Crippen molar-refractivity contribution >= 4 is 34.2 Å². The number of amides is 1. The summed E-state index contributed by atoms with van der Waals surface area (Å²) in [6.07, 6.45) is -4.58. The van der Waals surface area contributed by atoms with Crippen molar-refractivity contribution in [1.29, 1.82) is 0 Å². The number of nitrogens with one attached hydrogen (secondary N) is 1. The average Bonchev–Trinajstić information content (AvgIpc) is 2.71. The molecule has 0 atom stereocenters. The summed E-state index contributed by atoms with van der Waals surface area (Å²) in [5.41, 5.74) is 0.792. The topological polar surface area (TPSA) is 77.8 Å². The first-order valence-electron chi connectivity index (χ1n) is 9.46. The van der Waals surface area contributed by atoms with Crippen LogP contribution in [-0.4, -0.2) is 25.8 Å². The standard InChI is InChI=1S/C22H19ClF3NO5/c1-12-15-5-4-14(30-2)10-19(15)32-21(29)16(12)6-8-20(28)27-17-9-13(23)3-7-18(17)31-11-22(24,25)26/h3-5,7,9-10H,6,8,11H2,1-2H3,(H,27,28). The number of benzene rings is 2. The molecule has 10 heteroatoms. The second-order valence-electron chi connectivity index (χ2n) is 6.95. The molecule has 0 aliphatic carbocycles. The summed E-state index contributed by atoms with van der Waals surface area (Å²) in [7, 11) is 1.50. The Labute approximate surface area is 185 Å². The Morgan fingerprint density at radius 1 is 1.19 bits per heavy atom. The Balaban J connectivity index is 1.75. The molecule has 32 heavy (non-hydrogen) atoms. The van der Waals surface area contributed by atoms with Gasteiger partial charge in [0.1, 0.15) is 17.1 Å². The van der Waals surface area contributed by atoms with E-state index in [0.29, 0.717) is 27.8 Å². The summed E-state index contributed by atoms with van der Waals surface area (Å²) >= 11 is 5.89. The monoisotopic (exact) mass is 469 g/mol. The molecule has 0 aliphatic rings. The van der Waals surface area contributed by atoms with Crippen LogP contribution in [0.3, 0.4) is 0 Å². The summed E-state index contributed by atoms with van der Waals surface area (Å²) in [4.78, 5) is 24.9. The van der Waals surface area contributed by atoms with E-state index in [4.69, 9.17) is 25.5 Å². The van der Waals surface area contributed by atoms with Gasteiger partial charge in [-0.3, -0.25) is 4.79 Å². The second-order valence-corrected chi connectivity index (χ2v) is 7.38. The molecule has 1 heterocycles. The largest absolute Gasteiger partial charge is 0.497 e. The first kappa shape index (κ1) is 23.5. The van der Waals surface area contributed by atoms with E-state index in [0.717, 1.165) is 0 Å². The maximum atomic E-state index is 12.5. The lowest BCUT2D eigenvalue weighted by molar-refractivity contribution is -0.153. The fraction of sp³-hybridized carbons (Fsp3) is 0.273. The predicted molar refractivity (Wildman–Crippen MR) is 114 cm³/mol. The van der Waals surface area contributed by atoms with Crippen LogP contribution in [0, 0.1) is 6.92 Å². The summed E-state index contributed by atoms with van der Waals surface area (Å²) in [6, 6.07) is 8.96. The molecule has 0 saturated carbocycles. The lowest BCUT2D eigenvalue weighted by Crippen LogP contribution is -2.21. The third kappa shape index (κ3) is 5.73. The van der Waals surface area contributed by atoms with Crippen molar-refractivity contribution < 1.29 is 31.9 Å². The van der Waals surface area contributed by atoms with Crippen molar-refractivity contribution in [2.45, 2.75) is 25.9 Å². The number of rotatable bonds is 7. The zero-order chi connectivity index (χ0) is 23.5. The molecule has 170 valence electrons. The summed E-state index contributed by atoms with van der Waals surface area (Å²) in [5, 5.41) is 3.40. The normalized spacial score (nSPS) is 11.4. The minimum Gasteiger partial charge on any atom is -0.497 e. The highest BCUT2D eigenvalue weighted by molar-refractivity contribution is 6.31. The van der Waals surface area contributed by atoms with Crippen molar-refractivity contribution in [1.82, 2.24) is 0 Å². The Kier molecular flexibility index (Phi) is 6.98. The highest BCUT2D eigenvalue weighted by Crippen LogP contribution is 2.30. The van der Waals surface area contributed by atoms with Gasteiger partial charge in [-0.25, -0.2) is 4.79 Å². The van der Waals surface area contributed by atoms with Crippen molar-refractivity contribution in [3.63, 3.8) is 0 Å². The van der Waals surface area contributed by atoms with E-state index >= 15 is 0 Å². The Hall–Kier alpha value is -3.20. The smallest absolute Gasteiger partial charge is 0.422 e. The molecule has 0 unspecified atom stereocenters. The molecule has 0 fully saturated rings. The summed E-state index contributed by atoms with van der Waals surface area (Å²) in [6.45, 7) is 0.235. The fourth-order valence-electron chi connectivity index (χ4n) is 3.13. The third-order valence-corrected chi connectivity index (χ3v) is 4.94. The zero-order valence-electron chi connectivity index (χ0n) is 17.1. The van der Waals surface area contributed by atoms with Gasteiger partial charge in [0, 0.05) is 28.5 Å². The molecule has 2 aromatic carbocycles. The highest BCUT2D eigenvalue weighted by Gasteiger charge is 2.29. The van der Waals surface area contributed by atoms with Crippen LogP contribution in [0.15, 0.2) is 45.6 Å². The number of anilines is 1. The van der Waals surface area contributed by atoms with Gasteiger partial charge >= 0.3 is 11.8 Å². The molecule has 0 spiro atoms. The van der Waals surface area contributed by atoms with Crippen LogP contribution in [0.25, 0.3) is 11.0 Å². The lowest BCUT2D eigenvalue weighted by atomic mass is 10.0.